The molecule has 0 aromatic heterocycles. The van der Waals surface area contributed by atoms with Crippen LogP contribution in [0.1, 0.15) is 32.1 Å². The van der Waals surface area contributed by atoms with Crippen LogP contribution in [0.5, 0.6) is 0 Å². The van der Waals surface area contributed by atoms with E-state index in [4.69, 9.17) is 15.2 Å². The normalized spacial score (nSPS) is 20.8. The van der Waals surface area contributed by atoms with Gasteiger partial charge in [0.2, 0.25) is 0 Å². The summed E-state index contributed by atoms with van der Waals surface area (Å²) in [5, 5.41) is 0. The molecule has 0 heterocycles. The van der Waals surface area contributed by atoms with E-state index in [9.17, 15) is 0 Å². The molecule has 0 unspecified atom stereocenters. The molecule has 3 nitrogen and oxygen atoms in total. The molecule has 0 aliphatic heterocycles. The van der Waals surface area contributed by atoms with E-state index >= 15 is 0 Å². The fraction of sp³-hybridized carbons (Fsp3) is 1.00. The molecule has 0 saturated heterocycles. The molecule has 1 aliphatic rings. The van der Waals surface area contributed by atoms with Gasteiger partial charge in [-0.25, -0.2) is 0 Å². The molecule has 1 fully saturated rings. The SMILES string of the molecule is COCCCOC1(CN)CCCC1. The molecule has 0 amide bonds. The summed E-state index contributed by atoms with van der Waals surface area (Å²) in [5.74, 6) is 0. The topological polar surface area (TPSA) is 44.5 Å². The molecule has 0 aromatic carbocycles. The van der Waals surface area contributed by atoms with Crippen molar-refractivity contribution >= 4 is 0 Å². The minimum atomic E-state index is 0.00768. The van der Waals surface area contributed by atoms with Crippen LogP contribution in [0, 0.1) is 0 Å². The quantitative estimate of drug-likeness (QED) is 0.638. The van der Waals surface area contributed by atoms with Crippen LogP contribution >= 0.6 is 0 Å². The molecular weight excluding hydrogens is 166 g/mol. The van der Waals surface area contributed by atoms with Gasteiger partial charge in [0, 0.05) is 26.9 Å². The average Bonchev–Trinajstić information content (AvgIpc) is 2.62. The van der Waals surface area contributed by atoms with Crippen molar-refractivity contribution < 1.29 is 9.47 Å². The highest BCUT2D eigenvalue weighted by Crippen LogP contribution is 2.32. The Hall–Kier alpha value is -0.120. The third-order valence-corrected chi connectivity index (χ3v) is 2.79. The molecular formula is C10H21NO2. The van der Waals surface area contributed by atoms with E-state index in [1.807, 2.05) is 0 Å². The van der Waals surface area contributed by atoms with Gasteiger partial charge in [-0.3, -0.25) is 0 Å². The number of ether oxygens (including phenoxy) is 2. The summed E-state index contributed by atoms with van der Waals surface area (Å²) in [5.41, 5.74) is 5.73. The Morgan fingerprint density at radius 2 is 1.92 bits per heavy atom. The maximum absolute atomic E-state index is 5.84. The predicted molar refractivity (Wildman–Crippen MR) is 52.7 cm³/mol. The molecule has 78 valence electrons. The maximum Gasteiger partial charge on any atom is 0.0804 e. The largest absolute Gasteiger partial charge is 0.385 e. The van der Waals surface area contributed by atoms with E-state index < -0.39 is 0 Å². The molecule has 0 bridgehead atoms. The summed E-state index contributed by atoms with van der Waals surface area (Å²) >= 11 is 0. The Balaban J connectivity index is 2.16. The van der Waals surface area contributed by atoms with Gasteiger partial charge < -0.3 is 15.2 Å². The number of methoxy groups -OCH3 is 1. The minimum absolute atomic E-state index is 0.00768. The van der Waals surface area contributed by atoms with E-state index in [1.165, 1.54) is 12.8 Å². The zero-order valence-corrected chi connectivity index (χ0v) is 8.55. The Kier molecular flexibility index (Phi) is 4.70. The molecule has 0 spiro atoms. The highest BCUT2D eigenvalue weighted by molar-refractivity contribution is 4.87. The van der Waals surface area contributed by atoms with Gasteiger partial charge in [0.25, 0.3) is 0 Å². The van der Waals surface area contributed by atoms with E-state index in [2.05, 4.69) is 0 Å². The van der Waals surface area contributed by atoms with Crippen LogP contribution in [0.2, 0.25) is 0 Å². The van der Waals surface area contributed by atoms with E-state index in [0.29, 0.717) is 6.54 Å². The fourth-order valence-corrected chi connectivity index (χ4v) is 1.92. The number of rotatable bonds is 6. The van der Waals surface area contributed by atoms with Crippen LogP contribution in [-0.4, -0.2) is 32.5 Å². The second-order valence-corrected chi connectivity index (χ2v) is 3.79. The van der Waals surface area contributed by atoms with Gasteiger partial charge in [0.1, 0.15) is 0 Å². The molecule has 0 aromatic rings. The Morgan fingerprint density at radius 3 is 2.46 bits per heavy atom. The molecule has 1 rings (SSSR count). The van der Waals surface area contributed by atoms with Crippen molar-refractivity contribution in [1.29, 1.82) is 0 Å². The Labute approximate surface area is 80.6 Å². The maximum atomic E-state index is 5.84. The summed E-state index contributed by atoms with van der Waals surface area (Å²) in [4.78, 5) is 0. The van der Waals surface area contributed by atoms with E-state index in [1.54, 1.807) is 7.11 Å². The van der Waals surface area contributed by atoms with Crippen molar-refractivity contribution in [2.75, 3.05) is 26.9 Å². The molecule has 1 saturated carbocycles. The lowest BCUT2D eigenvalue weighted by molar-refractivity contribution is -0.0396. The average molecular weight is 187 g/mol. The zero-order chi connectivity index (χ0) is 9.57. The monoisotopic (exact) mass is 187 g/mol. The molecule has 0 radical (unpaired) electrons. The smallest absolute Gasteiger partial charge is 0.0804 e. The lowest BCUT2D eigenvalue weighted by atomic mass is 10.0. The van der Waals surface area contributed by atoms with Gasteiger partial charge in [0.05, 0.1) is 5.60 Å². The first kappa shape index (κ1) is 11.0. The third kappa shape index (κ3) is 3.25. The van der Waals surface area contributed by atoms with Crippen LogP contribution in [0.3, 0.4) is 0 Å². The van der Waals surface area contributed by atoms with Gasteiger partial charge in [-0.2, -0.15) is 0 Å². The van der Waals surface area contributed by atoms with Gasteiger partial charge in [-0.05, 0) is 19.3 Å². The lowest BCUT2D eigenvalue weighted by Crippen LogP contribution is -2.38. The van der Waals surface area contributed by atoms with Crippen molar-refractivity contribution in [3.8, 4) is 0 Å². The van der Waals surface area contributed by atoms with Gasteiger partial charge >= 0.3 is 0 Å². The second-order valence-electron chi connectivity index (χ2n) is 3.79. The van der Waals surface area contributed by atoms with Gasteiger partial charge in [0.15, 0.2) is 0 Å². The van der Waals surface area contributed by atoms with Crippen LogP contribution in [0.4, 0.5) is 0 Å². The Bertz CT molecular complexity index is 133. The zero-order valence-electron chi connectivity index (χ0n) is 8.55. The van der Waals surface area contributed by atoms with Crippen molar-refractivity contribution in [1.82, 2.24) is 0 Å². The highest BCUT2D eigenvalue weighted by atomic mass is 16.5. The summed E-state index contributed by atoms with van der Waals surface area (Å²) < 4.78 is 10.8. The van der Waals surface area contributed by atoms with Crippen LogP contribution in [-0.2, 0) is 9.47 Å². The second kappa shape index (κ2) is 5.58. The summed E-state index contributed by atoms with van der Waals surface area (Å²) in [6.45, 7) is 2.23. The van der Waals surface area contributed by atoms with Crippen molar-refractivity contribution in [2.45, 2.75) is 37.7 Å². The first-order valence-corrected chi connectivity index (χ1v) is 5.16. The minimum Gasteiger partial charge on any atom is -0.385 e. The van der Waals surface area contributed by atoms with Crippen LogP contribution in [0.25, 0.3) is 0 Å². The number of hydrogen-bond donors (Lipinski definition) is 1. The van der Waals surface area contributed by atoms with E-state index in [-0.39, 0.29) is 5.60 Å². The third-order valence-electron chi connectivity index (χ3n) is 2.79. The summed E-state index contributed by atoms with van der Waals surface area (Å²) in [7, 11) is 1.72. The predicted octanol–water partition coefficient (Wildman–Crippen LogP) is 1.31. The van der Waals surface area contributed by atoms with Crippen molar-refractivity contribution in [3.05, 3.63) is 0 Å². The van der Waals surface area contributed by atoms with Gasteiger partial charge in [-0.15, -0.1) is 0 Å². The van der Waals surface area contributed by atoms with Crippen molar-refractivity contribution in [2.24, 2.45) is 5.73 Å². The van der Waals surface area contributed by atoms with E-state index in [0.717, 1.165) is 32.5 Å². The summed E-state index contributed by atoms with van der Waals surface area (Å²) in [6, 6.07) is 0. The molecule has 0 atom stereocenters. The Morgan fingerprint density at radius 1 is 1.23 bits per heavy atom. The first-order chi connectivity index (χ1) is 6.33. The number of hydrogen-bond acceptors (Lipinski definition) is 3. The lowest BCUT2D eigenvalue weighted by Gasteiger charge is -2.27. The summed E-state index contributed by atoms with van der Waals surface area (Å²) in [6.07, 6.45) is 5.77. The van der Waals surface area contributed by atoms with Gasteiger partial charge in [-0.1, -0.05) is 12.8 Å². The standard InChI is InChI=1S/C10H21NO2/c1-12-7-4-8-13-10(9-11)5-2-3-6-10/h2-9,11H2,1H3. The molecule has 1 aliphatic carbocycles. The highest BCUT2D eigenvalue weighted by Gasteiger charge is 2.32. The molecule has 2 N–H and O–H groups in total. The van der Waals surface area contributed by atoms with Crippen molar-refractivity contribution in [3.63, 3.8) is 0 Å². The fourth-order valence-electron chi connectivity index (χ4n) is 1.92. The first-order valence-electron chi connectivity index (χ1n) is 5.16. The molecule has 3 heteroatoms. The van der Waals surface area contributed by atoms with Crippen LogP contribution in [0.15, 0.2) is 0 Å². The molecule has 13 heavy (non-hydrogen) atoms. The van der Waals surface area contributed by atoms with Crippen LogP contribution < -0.4 is 5.73 Å². The number of nitrogens with two attached hydrogens (primary N) is 1.